The Balaban J connectivity index is 2.72. The smallest absolute Gasteiger partial charge is 0.224 e. The number of phenolic OH excluding ortho intramolecular Hbond substituents is 1. The summed E-state index contributed by atoms with van der Waals surface area (Å²) in [5.41, 5.74) is 1.55. The molecule has 0 radical (unpaired) electrons. The third kappa shape index (κ3) is 5.21. The van der Waals surface area contributed by atoms with Gasteiger partial charge in [0.05, 0.1) is 0 Å². The van der Waals surface area contributed by atoms with Crippen molar-refractivity contribution < 1.29 is 9.90 Å². The summed E-state index contributed by atoms with van der Waals surface area (Å²) < 4.78 is 0. The molecule has 3 N–H and O–H groups in total. The Morgan fingerprint density at radius 1 is 1.30 bits per heavy atom. The van der Waals surface area contributed by atoms with E-state index in [-0.39, 0.29) is 17.7 Å². The van der Waals surface area contributed by atoms with E-state index in [1.54, 1.807) is 12.1 Å². The van der Waals surface area contributed by atoms with Crippen LogP contribution in [0.2, 0.25) is 0 Å². The van der Waals surface area contributed by atoms with Crippen molar-refractivity contribution in [3.8, 4) is 5.75 Å². The maximum atomic E-state index is 11.6. The fraction of sp³-hybridized carbons (Fsp3) is 0.562. The number of aromatic hydroxyl groups is 1. The van der Waals surface area contributed by atoms with Crippen molar-refractivity contribution in [2.24, 2.45) is 0 Å². The first-order valence-corrected chi connectivity index (χ1v) is 7.44. The van der Waals surface area contributed by atoms with E-state index in [2.05, 4.69) is 17.6 Å². The average Bonchev–Trinajstić information content (AvgIpc) is 2.41. The van der Waals surface area contributed by atoms with Crippen molar-refractivity contribution in [1.29, 1.82) is 0 Å². The molecule has 1 rings (SSSR count). The zero-order valence-corrected chi connectivity index (χ0v) is 12.7. The molecular formula is C16H26N2O2. The molecule has 0 bridgehead atoms. The Hall–Kier alpha value is -1.55. The van der Waals surface area contributed by atoms with Gasteiger partial charge in [-0.3, -0.25) is 4.79 Å². The van der Waals surface area contributed by atoms with Gasteiger partial charge in [0, 0.05) is 23.7 Å². The molecule has 1 unspecified atom stereocenters. The molecule has 0 saturated heterocycles. The maximum Gasteiger partial charge on any atom is 0.224 e. The quantitative estimate of drug-likeness (QED) is 0.503. The lowest BCUT2D eigenvalue weighted by Crippen LogP contribution is -2.20. The molecule has 0 heterocycles. The van der Waals surface area contributed by atoms with Gasteiger partial charge in [0.2, 0.25) is 5.91 Å². The van der Waals surface area contributed by atoms with Gasteiger partial charge in [0.1, 0.15) is 5.75 Å². The number of hydrogen-bond acceptors (Lipinski definition) is 3. The molecule has 0 aliphatic heterocycles. The van der Waals surface area contributed by atoms with E-state index in [1.807, 2.05) is 19.9 Å². The standard InChI is InChI=1S/C16H26N2O2/c1-4-6-10-17-12(3)14-11-13(8-9-15(14)19)18-16(20)7-5-2/h8-9,11-12,17,19H,4-7,10H2,1-3H3,(H,18,20). The number of nitrogens with one attached hydrogen (secondary N) is 2. The Kier molecular flexibility index (Phi) is 7.09. The van der Waals surface area contributed by atoms with Crippen LogP contribution >= 0.6 is 0 Å². The van der Waals surface area contributed by atoms with Gasteiger partial charge in [-0.1, -0.05) is 20.3 Å². The summed E-state index contributed by atoms with van der Waals surface area (Å²) in [5.74, 6) is 0.269. The van der Waals surface area contributed by atoms with E-state index in [1.165, 1.54) is 0 Å². The minimum atomic E-state index is 0.00994. The van der Waals surface area contributed by atoms with Gasteiger partial charge < -0.3 is 15.7 Å². The largest absolute Gasteiger partial charge is 0.508 e. The third-order valence-electron chi connectivity index (χ3n) is 3.24. The molecule has 0 aromatic heterocycles. The zero-order chi connectivity index (χ0) is 15.0. The summed E-state index contributed by atoms with van der Waals surface area (Å²) in [6, 6.07) is 5.26. The van der Waals surface area contributed by atoms with E-state index >= 15 is 0 Å². The highest BCUT2D eigenvalue weighted by Crippen LogP contribution is 2.27. The lowest BCUT2D eigenvalue weighted by Gasteiger charge is -2.17. The molecule has 4 nitrogen and oxygen atoms in total. The Labute approximate surface area is 121 Å². The summed E-state index contributed by atoms with van der Waals surface area (Å²) in [7, 11) is 0. The number of phenols is 1. The normalized spacial score (nSPS) is 12.2. The number of hydrogen-bond donors (Lipinski definition) is 3. The van der Waals surface area contributed by atoms with Crippen LogP contribution in [0, 0.1) is 0 Å². The van der Waals surface area contributed by atoms with Crippen molar-refractivity contribution in [1.82, 2.24) is 5.32 Å². The second-order valence-corrected chi connectivity index (χ2v) is 5.10. The monoisotopic (exact) mass is 278 g/mol. The third-order valence-corrected chi connectivity index (χ3v) is 3.24. The van der Waals surface area contributed by atoms with E-state index in [4.69, 9.17) is 0 Å². The molecule has 0 spiro atoms. The summed E-state index contributed by atoms with van der Waals surface area (Å²) in [6.45, 7) is 7.06. The van der Waals surface area contributed by atoms with Crippen molar-refractivity contribution in [3.63, 3.8) is 0 Å². The average molecular weight is 278 g/mol. The highest BCUT2D eigenvalue weighted by molar-refractivity contribution is 5.90. The van der Waals surface area contributed by atoms with Gasteiger partial charge in [0.15, 0.2) is 0 Å². The van der Waals surface area contributed by atoms with Crippen LogP contribution in [0.5, 0.6) is 5.75 Å². The van der Waals surface area contributed by atoms with Gasteiger partial charge in [-0.2, -0.15) is 0 Å². The number of anilines is 1. The SMILES string of the molecule is CCCCNC(C)c1cc(NC(=O)CCC)ccc1O. The van der Waals surface area contributed by atoms with Crippen LogP contribution in [0.15, 0.2) is 18.2 Å². The van der Waals surface area contributed by atoms with Crippen molar-refractivity contribution in [3.05, 3.63) is 23.8 Å². The Bertz CT molecular complexity index is 432. The van der Waals surface area contributed by atoms with E-state index in [0.29, 0.717) is 6.42 Å². The van der Waals surface area contributed by atoms with Crippen LogP contribution in [0.4, 0.5) is 5.69 Å². The fourth-order valence-electron chi connectivity index (χ4n) is 2.03. The van der Waals surface area contributed by atoms with E-state index in [9.17, 15) is 9.90 Å². The van der Waals surface area contributed by atoms with Gasteiger partial charge in [-0.05, 0) is 44.5 Å². The second-order valence-electron chi connectivity index (χ2n) is 5.10. The maximum absolute atomic E-state index is 11.6. The van der Waals surface area contributed by atoms with Gasteiger partial charge in [0.25, 0.3) is 0 Å². The highest BCUT2D eigenvalue weighted by atomic mass is 16.3. The van der Waals surface area contributed by atoms with Gasteiger partial charge in [-0.15, -0.1) is 0 Å². The van der Waals surface area contributed by atoms with Crippen molar-refractivity contribution >= 4 is 11.6 Å². The summed E-state index contributed by atoms with van der Waals surface area (Å²) in [6.07, 6.45) is 3.59. The van der Waals surface area contributed by atoms with E-state index < -0.39 is 0 Å². The topological polar surface area (TPSA) is 61.4 Å². The number of benzene rings is 1. The van der Waals surface area contributed by atoms with Crippen LogP contribution in [0.1, 0.15) is 58.1 Å². The molecule has 0 aliphatic carbocycles. The van der Waals surface area contributed by atoms with Crippen LogP contribution in [0.3, 0.4) is 0 Å². The Morgan fingerprint density at radius 3 is 2.70 bits per heavy atom. The lowest BCUT2D eigenvalue weighted by atomic mass is 10.1. The van der Waals surface area contributed by atoms with Crippen LogP contribution in [-0.4, -0.2) is 17.6 Å². The first-order chi connectivity index (χ1) is 9.58. The molecule has 20 heavy (non-hydrogen) atoms. The van der Waals surface area contributed by atoms with Crippen molar-refractivity contribution in [2.75, 3.05) is 11.9 Å². The predicted molar refractivity (Wildman–Crippen MR) is 83.0 cm³/mol. The van der Waals surface area contributed by atoms with Crippen LogP contribution in [-0.2, 0) is 4.79 Å². The summed E-state index contributed by atoms with van der Waals surface area (Å²) >= 11 is 0. The molecule has 0 fully saturated rings. The number of amides is 1. The molecule has 0 aliphatic rings. The van der Waals surface area contributed by atoms with Gasteiger partial charge in [-0.25, -0.2) is 0 Å². The molecule has 4 heteroatoms. The minimum Gasteiger partial charge on any atom is -0.508 e. The van der Waals surface area contributed by atoms with Crippen LogP contribution < -0.4 is 10.6 Å². The van der Waals surface area contributed by atoms with Crippen molar-refractivity contribution in [2.45, 2.75) is 52.5 Å². The number of carbonyl (C=O) groups is 1. The first-order valence-electron chi connectivity index (χ1n) is 7.44. The van der Waals surface area contributed by atoms with E-state index in [0.717, 1.165) is 37.1 Å². The van der Waals surface area contributed by atoms with Gasteiger partial charge >= 0.3 is 0 Å². The molecular weight excluding hydrogens is 252 g/mol. The number of unbranched alkanes of at least 4 members (excludes halogenated alkanes) is 1. The second kappa shape index (κ2) is 8.59. The summed E-state index contributed by atoms with van der Waals surface area (Å²) in [4.78, 5) is 11.6. The molecule has 0 saturated carbocycles. The summed E-state index contributed by atoms with van der Waals surface area (Å²) in [5, 5.41) is 16.2. The fourth-order valence-corrected chi connectivity index (χ4v) is 2.03. The minimum absolute atomic E-state index is 0.00994. The number of rotatable bonds is 8. The highest BCUT2D eigenvalue weighted by Gasteiger charge is 2.11. The Morgan fingerprint density at radius 2 is 2.05 bits per heavy atom. The zero-order valence-electron chi connectivity index (χ0n) is 12.7. The molecule has 1 atom stereocenters. The first kappa shape index (κ1) is 16.5. The lowest BCUT2D eigenvalue weighted by molar-refractivity contribution is -0.116. The predicted octanol–water partition coefficient (Wildman–Crippen LogP) is 3.58. The molecule has 1 aromatic carbocycles. The molecule has 112 valence electrons. The molecule has 1 aromatic rings. The number of carbonyl (C=O) groups excluding carboxylic acids is 1. The van der Waals surface area contributed by atoms with Crippen LogP contribution in [0.25, 0.3) is 0 Å². The molecule has 1 amide bonds.